The van der Waals surface area contributed by atoms with Crippen molar-refractivity contribution in [3.63, 3.8) is 0 Å². The highest BCUT2D eigenvalue weighted by molar-refractivity contribution is 6.42. The van der Waals surface area contributed by atoms with E-state index in [1.54, 1.807) is 18.2 Å². The van der Waals surface area contributed by atoms with Crippen LogP contribution >= 0.6 is 23.2 Å². The second-order valence-corrected chi connectivity index (χ2v) is 7.52. The predicted octanol–water partition coefficient (Wildman–Crippen LogP) is 1.48. The first-order valence-corrected chi connectivity index (χ1v) is 9.30. The van der Waals surface area contributed by atoms with Crippen molar-refractivity contribution in [2.24, 2.45) is 0 Å². The van der Waals surface area contributed by atoms with Crippen molar-refractivity contribution < 1.29 is 17.2 Å². The summed E-state index contributed by atoms with van der Waals surface area (Å²) in [4.78, 5) is 17.4. The summed E-state index contributed by atoms with van der Waals surface area (Å²) >= 11 is 12.0. The molecule has 2 atom stereocenters. The van der Waals surface area contributed by atoms with Crippen molar-refractivity contribution in [2.45, 2.75) is 50.6 Å². The molecule has 6 heteroatoms. The van der Waals surface area contributed by atoms with Gasteiger partial charge in [-0.25, -0.2) is 0 Å². The summed E-state index contributed by atoms with van der Waals surface area (Å²) in [6.07, 6.45) is 7.33. The van der Waals surface area contributed by atoms with Gasteiger partial charge in [-0.15, -0.1) is 0 Å². The first-order chi connectivity index (χ1) is 11.1. The molecule has 1 aliphatic carbocycles. The molecule has 3 rings (SSSR count). The largest absolute Gasteiger partial charge is 1.00 e. The van der Waals surface area contributed by atoms with Crippen LogP contribution in [0.1, 0.15) is 48.9 Å². The molecule has 3 nitrogen and oxygen atoms in total. The molecule has 1 aromatic rings. The van der Waals surface area contributed by atoms with Crippen molar-refractivity contribution >= 4 is 29.1 Å². The second-order valence-electron chi connectivity index (χ2n) is 6.71. The Morgan fingerprint density at radius 1 is 1.08 bits per heavy atom. The normalized spacial score (nSPS) is 24.5. The lowest BCUT2D eigenvalue weighted by molar-refractivity contribution is -0.0000158. The molecule has 1 saturated carbocycles. The van der Waals surface area contributed by atoms with Crippen LogP contribution in [0, 0.1) is 0 Å². The van der Waals surface area contributed by atoms with Gasteiger partial charge in [-0.1, -0.05) is 36.0 Å². The van der Waals surface area contributed by atoms with Gasteiger partial charge in [0, 0.05) is 24.7 Å². The van der Waals surface area contributed by atoms with Crippen LogP contribution in [0.15, 0.2) is 18.2 Å². The van der Waals surface area contributed by atoms with Gasteiger partial charge in [0.2, 0.25) is 0 Å². The second kappa shape index (κ2) is 8.75. The number of benzene rings is 1. The van der Waals surface area contributed by atoms with Crippen molar-refractivity contribution in [2.75, 3.05) is 20.1 Å². The van der Waals surface area contributed by atoms with E-state index in [0.29, 0.717) is 27.7 Å². The van der Waals surface area contributed by atoms with Gasteiger partial charge in [-0.3, -0.25) is 9.69 Å². The molecule has 24 heavy (non-hydrogen) atoms. The lowest BCUT2D eigenvalue weighted by Gasteiger charge is -2.42. The molecular weight excluding hydrogens is 367 g/mol. The van der Waals surface area contributed by atoms with Crippen LogP contribution in [0.2, 0.25) is 10.0 Å². The quantitative estimate of drug-likeness (QED) is 0.780. The van der Waals surface area contributed by atoms with E-state index in [2.05, 4.69) is 4.90 Å². The van der Waals surface area contributed by atoms with Crippen molar-refractivity contribution in [3.8, 4) is 0 Å². The third-order valence-corrected chi connectivity index (χ3v) is 6.03. The number of hydrogen-bond donors (Lipinski definition) is 0. The standard InChI is InChI=1S/C18H24Cl2N2O.ClH/c1-21(18(23)13-8-9-14(19)15(20)12-13)16-6-2-3-7-17(16)22-10-4-5-11-22;/h8-9,12,16-17H,2-7,10-11H2,1H3;1H/p-1. The van der Waals surface area contributed by atoms with E-state index < -0.39 is 0 Å². The topological polar surface area (TPSA) is 23.6 Å². The van der Waals surface area contributed by atoms with Crippen LogP contribution in [0.25, 0.3) is 0 Å². The van der Waals surface area contributed by atoms with E-state index in [4.69, 9.17) is 23.2 Å². The molecule has 2 unspecified atom stereocenters. The van der Waals surface area contributed by atoms with Gasteiger partial charge in [-0.05, 0) is 57.0 Å². The Morgan fingerprint density at radius 2 is 1.75 bits per heavy atom. The summed E-state index contributed by atoms with van der Waals surface area (Å²) < 4.78 is 0. The first kappa shape index (κ1) is 19.8. The molecular formula is C18H24Cl3N2O-. The zero-order valence-corrected chi connectivity index (χ0v) is 16.2. The van der Waals surface area contributed by atoms with E-state index >= 15 is 0 Å². The number of amides is 1. The third kappa shape index (κ3) is 4.19. The maximum absolute atomic E-state index is 12.9. The first-order valence-electron chi connectivity index (χ1n) is 8.54. The Morgan fingerprint density at radius 3 is 2.42 bits per heavy atom. The highest BCUT2D eigenvalue weighted by Crippen LogP contribution is 2.30. The van der Waals surface area contributed by atoms with Crippen LogP contribution in [-0.2, 0) is 0 Å². The lowest BCUT2D eigenvalue weighted by atomic mass is 9.88. The number of hydrogen-bond acceptors (Lipinski definition) is 2. The van der Waals surface area contributed by atoms with Crippen molar-refractivity contribution in [1.82, 2.24) is 9.80 Å². The van der Waals surface area contributed by atoms with E-state index in [-0.39, 0.29) is 18.3 Å². The minimum Gasteiger partial charge on any atom is -1.00 e. The number of rotatable bonds is 3. The molecule has 1 heterocycles. The molecule has 2 fully saturated rings. The zero-order chi connectivity index (χ0) is 16.4. The maximum Gasteiger partial charge on any atom is 0.253 e. The fraction of sp³-hybridized carbons (Fsp3) is 0.611. The maximum atomic E-state index is 12.9. The molecule has 1 saturated heterocycles. The molecule has 134 valence electrons. The Bertz CT molecular complexity index is 575. The molecule has 0 bridgehead atoms. The summed E-state index contributed by atoms with van der Waals surface area (Å²) in [5.74, 6) is 0.0414. The number of likely N-dealkylation sites (N-methyl/N-ethyl adjacent to an activating group) is 1. The smallest absolute Gasteiger partial charge is 0.253 e. The fourth-order valence-electron chi connectivity index (χ4n) is 4.03. The van der Waals surface area contributed by atoms with Gasteiger partial charge in [0.15, 0.2) is 0 Å². The lowest BCUT2D eigenvalue weighted by Crippen LogP contribution is -3.00. The van der Waals surface area contributed by atoms with Gasteiger partial charge in [0.25, 0.3) is 5.91 Å². The molecule has 0 spiro atoms. The van der Waals surface area contributed by atoms with E-state index in [9.17, 15) is 4.79 Å². The van der Waals surface area contributed by atoms with Gasteiger partial charge >= 0.3 is 0 Å². The monoisotopic (exact) mass is 389 g/mol. The fourth-order valence-corrected chi connectivity index (χ4v) is 4.32. The highest BCUT2D eigenvalue weighted by atomic mass is 35.5. The van der Waals surface area contributed by atoms with Gasteiger partial charge in [0.1, 0.15) is 0 Å². The van der Waals surface area contributed by atoms with Crippen molar-refractivity contribution in [1.29, 1.82) is 0 Å². The molecule has 0 aromatic heterocycles. The highest BCUT2D eigenvalue weighted by Gasteiger charge is 2.35. The number of likely N-dealkylation sites (tertiary alicyclic amines) is 1. The van der Waals surface area contributed by atoms with Crippen molar-refractivity contribution in [3.05, 3.63) is 33.8 Å². The molecule has 2 aliphatic rings. The number of carbonyl (C=O) groups is 1. The van der Waals surface area contributed by atoms with Crippen LogP contribution in [0.5, 0.6) is 0 Å². The van der Waals surface area contributed by atoms with Crippen LogP contribution in [-0.4, -0.2) is 47.9 Å². The van der Waals surface area contributed by atoms with Crippen LogP contribution in [0.3, 0.4) is 0 Å². The molecule has 0 radical (unpaired) electrons. The molecule has 1 aromatic carbocycles. The summed E-state index contributed by atoms with van der Waals surface area (Å²) in [6.45, 7) is 2.35. The molecule has 1 aliphatic heterocycles. The average Bonchev–Trinajstić information content (AvgIpc) is 3.10. The predicted molar refractivity (Wildman–Crippen MR) is 95.4 cm³/mol. The van der Waals surface area contributed by atoms with Gasteiger partial charge < -0.3 is 17.3 Å². The number of halogens is 3. The van der Waals surface area contributed by atoms with Gasteiger partial charge in [-0.2, -0.15) is 0 Å². The van der Waals surface area contributed by atoms with Crippen LogP contribution in [0.4, 0.5) is 0 Å². The molecule has 0 N–H and O–H groups in total. The van der Waals surface area contributed by atoms with E-state index in [1.165, 1.54) is 45.2 Å². The summed E-state index contributed by atoms with van der Waals surface area (Å²) in [6, 6.07) is 5.94. The SMILES string of the molecule is CN(C(=O)c1ccc(Cl)c(Cl)c1)C1CCCCC1N1CCCC1.[Cl-]. The third-order valence-electron chi connectivity index (χ3n) is 5.29. The molecule has 1 amide bonds. The minimum atomic E-state index is 0. The minimum absolute atomic E-state index is 0. The number of nitrogens with zero attached hydrogens (tertiary/aromatic N) is 2. The Kier molecular flexibility index (Phi) is 7.23. The zero-order valence-electron chi connectivity index (χ0n) is 14.0. The Hall–Kier alpha value is -0.480. The average molecular weight is 391 g/mol. The summed E-state index contributed by atoms with van der Waals surface area (Å²) in [7, 11) is 1.93. The van der Waals surface area contributed by atoms with E-state index in [1.807, 2.05) is 11.9 Å². The van der Waals surface area contributed by atoms with Crippen LogP contribution < -0.4 is 12.4 Å². The van der Waals surface area contributed by atoms with Gasteiger partial charge in [0.05, 0.1) is 10.0 Å². The summed E-state index contributed by atoms with van der Waals surface area (Å²) in [5, 5.41) is 0.920. The number of carbonyl (C=O) groups excluding carboxylic acids is 1. The summed E-state index contributed by atoms with van der Waals surface area (Å²) in [5.41, 5.74) is 0.618. The van der Waals surface area contributed by atoms with E-state index in [0.717, 1.165) is 6.42 Å². The Balaban J connectivity index is 0.00000208. The Labute approximate surface area is 160 Å².